The van der Waals surface area contributed by atoms with Crippen LogP contribution in [0.15, 0.2) is 36.7 Å². The van der Waals surface area contributed by atoms with E-state index < -0.39 is 12.1 Å². The number of carbonyl (C=O) groups is 2. The van der Waals surface area contributed by atoms with Crippen LogP contribution in [-0.4, -0.2) is 39.9 Å². The maximum atomic E-state index is 13.1. The standard InChI is InChI=1S/C24H24N6O3/c1-33-16-8-6-13(7-9-16)18(10-25)29-24(32)20(15-4-5-15)30-23(31)17-11-26-22-21(17)28-19(12-27-22)14-2-3-14/h6-9,11-12,14-15,18,20H,2-5H2,1H3,(H,26,27)(H,29,32)(H,30,31)/t18?,20-/m1/s1. The maximum Gasteiger partial charge on any atom is 0.255 e. The van der Waals surface area contributed by atoms with Crippen LogP contribution in [0.2, 0.25) is 0 Å². The Morgan fingerprint density at radius 3 is 2.58 bits per heavy atom. The zero-order valence-electron chi connectivity index (χ0n) is 18.2. The Morgan fingerprint density at radius 1 is 1.18 bits per heavy atom. The van der Waals surface area contributed by atoms with Crippen LogP contribution >= 0.6 is 0 Å². The molecular formula is C24H24N6O3. The lowest BCUT2D eigenvalue weighted by molar-refractivity contribution is -0.123. The van der Waals surface area contributed by atoms with Gasteiger partial charge in [0.25, 0.3) is 5.91 Å². The Kier molecular flexibility index (Phi) is 5.42. The average molecular weight is 444 g/mol. The van der Waals surface area contributed by atoms with Crippen molar-refractivity contribution in [2.24, 2.45) is 5.92 Å². The van der Waals surface area contributed by atoms with Gasteiger partial charge >= 0.3 is 0 Å². The van der Waals surface area contributed by atoms with Crippen LogP contribution in [0.4, 0.5) is 0 Å². The van der Waals surface area contributed by atoms with Crippen LogP contribution in [-0.2, 0) is 4.79 Å². The van der Waals surface area contributed by atoms with Crippen molar-refractivity contribution in [1.82, 2.24) is 25.6 Å². The van der Waals surface area contributed by atoms with Gasteiger partial charge in [-0.2, -0.15) is 5.26 Å². The van der Waals surface area contributed by atoms with E-state index in [2.05, 4.69) is 31.7 Å². The van der Waals surface area contributed by atoms with E-state index in [-0.39, 0.29) is 17.7 Å². The molecule has 0 spiro atoms. The summed E-state index contributed by atoms with van der Waals surface area (Å²) >= 11 is 0. The number of nitrogens with zero attached hydrogens (tertiary/aromatic N) is 3. The maximum absolute atomic E-state index is 13.1. The highest BCUT2D eigenvalue weighted by atomic mass is 16.5. The van der Waals surface area contributed by atoms with Crippen molar-refractivity contribution in [2.45, 2.75) is 43.7 Å². The van der Waals surface area contributed by atoms with Crippen molar-refractivity contribution in [1.29, 1.82) is 5.26 Å². The number of aromatic amines is 1. The zero-order valence-corrected chi connectivity index (χ0v) is 18.2. The number of amides is 2. The second-order valence-electron chi connectivity index (χ2n) is 8.60. The van der Waals surface area contributed by atoms with Gasteiger partial charge < -0.3 is 20.4 Å². The summed E-state index contributed by atoms with van der Waals surface area (Å²) in [4.78, 5) is 38.2. The number of methoxy groups -OCH3 is 1. The molecule has 3 N–H and O–H groups in total. The van der Waals surface area contributed by atoms with Crippen molar-refractivity contribution < 1.29 is 14.3 Å². The third kappa shape index (κ3) is 4.37. The molecule has 2 aliphatic carbocycles. The van der Waals surface area contributed by atoms with Gasteiger partial charge in [0.1, 0.15) is 23.3 Å². The minimum atomic E-state index is -0.832. The highest BCUT2D eigenvalue weighted by molar-refractivity contribution is 6.06. The number of hydrogen-bond donors (Lipinski definition) is 3. The predicted molar refractivity (Wildman–Crippen MR) is 119 cm³/mol. The lowest BCUT2D eigenvalue weighted by Gasteiger charge is -2.20. The molecule has 2 aliphatic rings. The molecule has 2 atom stereocenters. The van der Waals surface area contributed by atoms with Crippen molar-refractivity contribution in [3.05, 3.63) is 53.5 Å². The number of ether oxygens (including phenoxy) is 1. The molecule has 2 fully saturated rings. The van der Waals surface area contributed by atoms with Gasteiger partial charge in [0, 0.05) is 12.1 Å². The van der Waals surface area contributed by atoms with E-state index in [9.17, 15) is 14.9 Å². The van der Waals surface area contributed by atoms with Crippen LogP contribution in [0.25, 0.3) is 11.2 Å². The molecule has 1 aromatic carbocycles. The second-order valence-corrected chi connectivity index (χ2v) is 8.60. The van der Waals surface area contributed by atoms with E-state index in [1.54, 1.807) is 43.8 Å². The van der Waals surface area contributed by atoms with Crippen molar-refractivity contribution >= 4 is 23.0 Å². The number of aromatic nitrogens is 3. The predicted octanol–water partition coefficient (Wildman–Crippen LogP) is 2.73. The van der Waals surface area contributed by atoms with Gasteiger partial charge in [-0.15, -0.1) is 0 Å². The van der Waals surface area contributed by atoms with E-state index in [0.29, 0.717) is 34.0 Å². The zero-order chi connectivity index (χ0) is 22.9. The fourth-order valence-electron chi connectivity index (χ4n) is 3.92. The van der Waals surface area contributed by atoms with Gasteiger partial charge in [-0.05, 0) is 49.3 Å². The second kappa shape index (κ2) is 8.54. The smallest absolute Gasteiger partial charge is 0.255 e. The van der Waals surface area contributed by atoms with Crippen LogP contribution in [0, 0.1) is 17.2 Å². The van der Waals surface area contributed by atoms with E-state index >= 15 is 0 Å². The number of carbonyl (C=O) groups excluding carboxylic acids is 2. The van der Waals surface area contributed by atoms with Crippen molar-refractivity contribution in [3.8, 4) is 11.8 Å². The molecule has 0 bridgehead atoms. The average Bonchev–Trinajstić information content (AvgIpc) is 3.77. The molecule has 9 heteroatoms. The first-order chi connectivity index (χ1) is 16.1. The fraction of sp³-hybridized carbons (Fsp3) is 0.375. The van der Waals surface area contributed by atoms with E-state index in [0.717, 1.165) is 31.4 Å². The van der Waals surface area contributed by atoms with Gasteiger partial charge in [0.05, 0.1) is 30.6 Å². The fourth-order valence-corrected chi connectivity index (χ4v) is 3.92. The third-order valence-corrected chi connectivity index (χ3v) is 6.17. The molecule has 5 rings (SSSR count). The van der Waals surface area contributed by atoms with Crippen molar-refractivity contribution in [2.75, 3.05) is 7.11 Å². The van der Waals surface area contributed by atoms with Gasteiger partial charge in [0.2, 0.25) is 5.91 Å². The number of nitriles is 1. The minimum Gasteiger partial charge on any atom is -0.497 e. The highest BCUT2D eigenvalue weighted by Gasteiger charge is 2.38. The van der Waals surface area contributed by atoms with Gasteiger partial charge in [-0.3, -0.25) is 9.59 Å². The lowest BCUT2D eigenvalue weighted by atomic mass is 10.1. The van der Waals surface area contributed by atoms with Gasteiger partial charge in [-0.25, -0.2) is 9.97 Å². The number of hydrogen-bond acceptors (Lipinski definition) is 6. The molecule has 3 aromatic rings. The first kappa shape index (κ1) is 20.9. The number of benzene rings is 1. The van der Waals surface area contributed by atoms with Crippen molar-refractivity contribution in [3.63, 3.8) is 0 Å². The summed E-state index contributed by atoms with van der Waals surface area (Å²) < 4.78 is 5.15. The van der Waals surface area contributed by atoms with Crippen LogP contribution in [0.1, 0.15) is 59.3 Å². The molecule has 0 saturated heterocycles. The summed E-state index contributed by atoms with van der Waals surface area (Å²) in [6.45, 7) is 0. The van der Waals surface area contributed by atoms with Gasteiger partial charge in [-0.1, -0.05) is 12.1 Å². The molecule has 2 heterocycles. The topological polar surface area (TPSA) is 133 Å². The number of rotatable bonds is 8. The molecular weight excluding hydrogens is 420 g/mol. The molecule has 1 unspecified atom stereocenters. The summed E-state index contributed by atoms with van der Waals surface area (Å²) in [7, 11) is 1.56. The molecule has 0 aliphatic heterocycles. The number of nitrogens with one attached hydrogen (secondary N) is 3. The molecule has 0 radical (unpaired) electrons. The van der Waals surface area contributed by atoms with E-state index in [4.69, 9.17) is 4.74 Å². The number of H-pyrrole nitrogens is 1. The SMILES string of the molecule is COc1ccc(C(C#N)NC(=O)[C@H](NC(=O)c2c[nH]c3ncc(C4CC4)nc23)C2CC2)cc1. The third-order valence-electron chi connectivity index (χ3n) is 6.17. The summed E-state index contributed by atoms with van der Waals surface area (Å²) in [5.74, 6) is 0.365. The summed E-state index contributed by atoms with van der Waals surface area (Å²) in [5.41, 5.74) is 2.96. The Morgan fingerprint density at radius 2 is 1.94 bits per heavy atom. The largest absolute Gasteiger partial charge is 0.497 e. The molecule has 33 heavy (non-hydrogen) atoms. The first-order valence-corrected chi connectivity index (χ1v) is 11.1. The van der Waals surface area contributed by atoms with E-state index in [1.807, 2.05) is 0 Å². The Bertz CT molecular complexity index is 1240. The molecule has 2 aromatic heterocycles. The highest BCUT2D eigenvalue weighted by Crippen LogP contribution is 2.39. The Balaban J connectivity index is 1.32. The number of fused-ring (bicyclic) bond motifs is 1. The Hall–Kier alpha value is -3.93. The van der Waals surface area contributed by atoms with Crippen LogP contribution < -0.4 is 15.4 Å². The first-order valence-electron chi connectivity index (χ1n) is 11.1. The minimum absolute atomic E-state index is 0.0440. The normalized spacial score (nSPS) is 17.1. The molecule has 2 saturated carbocycles. The monoisotopic (exact) mass is 444 g/mol. The molecule has 9 nitrogen and oxygen atoms in total. The molecule has 168 valence electrons. The Labute approximate surface area is 190 Å². The van der Waals surface area contributed by atoms with Crippen LogP contribution in [0.5, 0.6) is 5.75 Å². The summed E-state index contributed by atoms with van der Waals surface area (Å²) in [5, 5.41) is 15.3. The summed E-state index contributed by atoms with van der Waals surface area (Å²) in [6.07, 6.45) is 7.19. The summed E-state index contributed by atoms with van der Waals surface area (Å²) in [6, 6.07) is 7.51. The quantitative estimate of drug-likeness (QED) is 0.489. The van der Waals surface area contributed by atoms with Gasteiger partial charge in [0.15, 0.2) is 5.65 Å². The lowest BCUT2D eigenvalue weighted by Crippen LogP contribution is -2.48. The van der Waals surface area contributed by atoms with E-state index in [1.165, 1.54) is 0 Å². The van der Waals surface area contributed by atoms with Crippen LogP contribution in [0.3, 0.4) is 0 Å². The molecule has 2 amide bonds.